The second kappa shape index (κ2) is 10.2. The van der Waals surface area contributed by atoms with Gasteiger partial charge < -0.3 is 24.6 Å². The number of hydrogen-bond donors (Lipinski definition) is 2. The summed E-state index contributed by atoms with van der Waals surface area (Å²) in [4.78, 5) is 16.0. The number of nitrogens with zero attached hydrogens (tertiary/aromatic N) is 2. The van der Waals surface area contributed by atoms with Crippen LogP contribution in [0.1, 0.15) is 49.7 Å². The van der Waals surface area contributed by atoms with Gasteiger partial charge >= 0.3 is 0 Å². The number of aryl methyl sites for hydroxylation is 2. The smallest absolute Gasteiger partial charge is 0.259 e. The first-order valence-electron chi connectivity index (χ1n) is 13.7. The van der Waals surface area contributed by atoms with Crippen LogP contribution in [-0.4, -0.2) is 46.3 Å². The summed E-state index contributed by atoms with van der Waals surface area (Å²) in [5, 5.41) is 13.2. The van der Waals surface area contributed by atoms with E-state index < -0.39 is 0 Å². The molecule has 6 heteroatoms. The van der Waals surface area contributed by atoms with Gasteiger partial charge in [0.15, 0.2) is 0 Å². The summed E-state index contributed by atoms with van der Waals surface area (Å²) in [5.41, 5.74) is 11.8. The van der Waals surface area contributed by atoms with Crippen molar-refractivity contribution in [3.8, 4) is 16.9 Å². The van der Waals surface area contributed by atoms with E-state index in [2.05, 4.69) is 58.6 Å². The second-order valence-corrected chi connectivity index (χ2v) is 10.7. The Morgan fingerprint density at radius 1 is 1.18 bits per heavy atom. The van der Waals surface area contributed by atoms with Crippen LogP contribution in [0, 0.1) is 0 Å². The Labute approximate surface area is 224 Å². The molecule has 1 aromatic carbocycles. The van der Waals surface area contributed by atoms with E-state index in [4.69, 9.17) is 4.74 Å². The lowest BCUT2D eigenvalue weighted by molar-refractivity contribution is -0.117. The van der Waals surface area contributed by atoms with Gasteiger partial charge in [0.2, 0.25) is 0 Å². The summed E-state index contributed by atoms with van der Waals surface area (Å²) in [7, 11) is 3.75. The van der Waals surface area contributed by atoms with Gasteiger partial charge in [-0.2, -0.15) is 0 Å². The van der Waals surface area contributed by atoms with Crippen LogP contribution in [0.25, 0.3) is 16.8 Å². The Morgan fingerprint density at radius 3 is 2.79 bits per heavy atom. The highest BCUT2D eigenvalue weighted by Gasteiger charge is 2.33. The van der Waals surface area contributed by atoms with Gasteiger partial charge in [-0.15, -0.1) is 5.73 Å². The summed E-state index contributed by atoms with van der Waals surface area (Å²) in [6.45, 7) is 0.639. The van der Waals surface area contributed by atoms with E-state index in [1.54, 1.807) is 7.11 Å². The number of aromatic nitrogens is 1. The third-order valence-corrected chi connectivity index (χ3v) is 8.10. The first kappa shape index (κ1) is 24.6. The van der Waals surface area contributed by atoms with Crippen molar-refractivity contribution in [2.45, 2.75) is 57.1 Å². The number of carbonyl (C=O) groups is 1. The molecule has 2 N–H and O–H groups in total. The second-order valence-electron chi connectivity index (χ2n) is 10.7. The zero-order valence-corrected chi connectivity index (χ0v) is 22.2. The SMILES string of the molecule is COc1cc2c(cc1-c1ccn(C)c1)C1=C(CC2)C(C(=O)NC2CCC(O)C2)=C=CCN1C1=CCCC=C1. The molecule has 1 saturated carbocycles. The maximum atomic E-state index is 13.6. The highest BCUT2D eigenvalue weighted by atomic mass is 16.5. The van der Waals surface area contributed by atoms with Crippen LogP contribution in [0.2, 0.25) is 0 Å². The largest absolute Gasteiger partial charge is 0.496 e. The molecule has 1 fully saturated rings. The van der Waals surface area contributed by atoms with Gasteiger partial charge in [-0.05, 0) is 86.4 Å². The molecular weight excluding hydrogens is 474 g/mol. The molecular formula is C32H35N3O3. The number of nitrogens with one attached hydrogen (secondary N) is 1. The third-order valence-electron chi connectivity index (χ3n) is 8.10. The summed E-state index contributed by atoms with van der Waals surface area (Å²) in [6.07, 6.45) is 18.3. The number of aliphatic hydroxyl groups excluding tert-OH is 1. The number of carbonyl (C=O) groups excluding carboxylic acids is 1. The minimum atomic E-state index is -0.331. The fourth-order valence-corrected chi connectivity index (χ4v) is 6.20. The maximum absolute atomic E-state index is 13.6. The number of fused-ring (bicyclic) bond motifs is 2. The predicted molar refractivity (Wildman–Crippen MR) is 149 cm³/mol. The molecule has 2 unspecified atom stereocenters. The van der Waals surface area contributed by atoms with Crippen molar-refractivity contribution in [3.05, 3.63) is 88.6 Å². The van der Waals surface area contributed by atoms with Crippen molar-refractivity contribution >= 4 is 11.6 Å². The monoisotopic (exact) mass is 509 g/mol. The summed E-state index contributed by atoms with van der Waals surface area (Å²) < 4.78 is 7.90. The normalized spacial score (nSPS) is 22.4. The van der Waals surface area contributed by atoms with Crippen LogP contribution < -0.4 is 10.1 Å². The molecule has 1 amide bonds. The van der Waals surface area contributed by atoms with Crippen molar-refractivity contribution in [1.82, 2.24) is 14.8 Å². The number of rotatable bonds is 5. The Balaban J connectivity index is 1.49. The summed E-state index contributed by atoms with van der Waals surface area (Å²) in [5.74, 6) is 0.769. The van der Waals surface area contributed by atoms with Crippen LogP contribution in [0.3, 0.4) is 0 Å². The van der Waals surface area contributed by atoms with Gasteiger partial charge in [0.05, 0.1) is 24.5 Å². The lowest BCUT2D eigenvalue weighted by atomic mass is 9.83. The lowest BCUT2D eigenvalue weighted by Crippen LogP contribution is -2.35. The molecule has 196 valence electrons. The number of ether oxygens (including phenoxy) is 1. The summed E-state index contributed by atoms with van der Waals surface area (Å²) >= 11 is 0. The number of benzene rings is 1. The number of allylic oxidation sites excluding steroid dienone is 3. The topological polar surface area (TPSA) is 66.7 Å². The Kier molecular flexibility index (Phi) is 6.61. The molecule has 0 saturated heterocycles. The van der Waals surface area contributed by atoms with Crippen molar-refractivity contribution in [2.24, 2.45) is 7.05 Å². The van der Waals surface area contributed by atoms with Crippen LogP contribution in [0.4, 0.5) is 0 Å². The minimum absolute atomic E-state index is 0.00372. The molecule has 1 aromatic heterocycles. The fraction of sp³-hybridized carbons (Fsp3) is 0.375. The molecule has 0 spiro atoms. The predicted octanol–water partition coefficient (Wildman–Crippen LogP) is 5.02. The molecule has 2 atom stereocenters. The van der Waals surface area contributed by atoms with Gasteiger partial charge in [0.25, 0.3) is 5.91 Å². The standard InChI is InChI=1S/C32H35N3O3/c1-34-16-14-22(20-34)28-19-29-21(17-30(28)38-2)10-13-26-27(32(37)33-23-11-12-25(36)18-23)9-6-15-35(31(26)29)24-7-4-3-5-8-24/h4,6-8,14,16-17,19-20,23,25,36H,3,5,10-13,15,18H2,1-2H3,(H,33,37). The van der Waals surface area contributed by atoms with E-state index in [-0.39, 0.29) is 18.1 Å². The van der Waals surface area contributed by atoms with Gasteiger partial charge in [-0.25, -0.2) is 0 Å². The fourth-order valence-electron chi connectivity index (χ4n) is 6.20. The number of aliphatic hydroxyl groups is 1. The van der Waals surface area contributed by atoms with Crippen molar-refractivity contribution in [1.29, 1.82) is 0 Å². The molecule has 4 aliphatic rings. The van der Waals surface area contributed by atoms with E-state index in [1.807, 2.05) is 23.9 Å². The number of amides is 1. The zero-order chi connectivity index (χ0) is 26.2. The Morgan fingerprint density at radius 2 is 2.08 bits per heavy atom. The van der Waals surface area contributed by atoms with Gasteiger partial charge in [-0.1, -0.05) is 12.2 Å². The zero-order valence-electron chi connectivity index (χ0n) is 22.2. The molecule has 1 aliphatic heterocycles. The van der Waals surface area contributed by atoms with Crippen molar-refractivity contribution in [3.63, 3.8) is 0 Å². The van der Waals surface area contributed by atoms with E-state index in [0.29, 0.717) is 18.5 Å². The average molecular weight is 510 g/mol. The van der Waals surface area contributed by atoms with Crippen LogP contribution in [0.15, 0.2) is 77.5 Å². The quantitative estimate of drug-likeness (QED) is 0.556. The molecule has 38 heavy (non-hydrogen) atoms. The average Bonchev–Trinajstić information content (AvgIpc) is 3.49. The maximum Gasteiger partial charge on any atom is 0.259 e. The highest BCUT2D eigenvalue weighted by molar-refractivity contribution is 6.01. The van der Waals surface area contributed by atoms with E-state index in [0.717, 1.165) is 77.9 Å². The highest BCUT2D eigenvalue weighted by Crippen LogP contribution is 2.44. The third kappa shape index (κ3) is 4.55. The molecule has 2 aromatic rings. The van der Waals surface area contributed by atoms with E-state index >= 15 is 0 Å². The van der Waals surface area contributed by atoms with Crippen LogP contribution >= 0.6 is 0 Å². The molecule has 2 heterocycles. The summed E-state index contributed by atoms with van der Waals surface area (Å²) in [6, 6.07) is 6.53. The Bertz CT molecular complexity index is 1430. The van der Waals surface area contributed by atoms with Gasteiger partial charge in [-0.3, -0.25) is 4.79 Å². The van der Waals surface area contributed by atoms with Gasteiger partial charge in [0, 0.05) is 54.4 Å². The molecule has 3 aliphatic carbocycles. The first-order valence-corrected chi connectivity index (χ1v) is 13.7. The van der Waals surface area contributed by atoms with Crippen molar-refractivity contribution < 1.29 is 14.6 Å². The van der Waals surface area contributed by atoms with E-state index in [1.165, 1.54) is 5.56 Å². The minimum Gasteiger partial charge on any atom is -0.496 e. The lowest BCUT2D eigenvalue weighted by Gasteiger charge is -2.34. The number of hydrogen-bond acceptors (Lipinski definition) is 4. The van der Waals surface area contributed by atoms with E-state index in [9.17, 15) is 9.90 Å². The first-order chi connectivity index (χ1) is 18.5. The van der Waals surface area contributed by atoms with Gasteiger partial charge in [0.1, 0.15) is 5.75 Å². The molecule has 6 rings (SSSR count). The number of methoxy groups -OCH3 is 1. The molecule has 0 bridgehead atoms. The van der Waals surface area contributed by atoms with Crippen LogP contribution in [0.5, 0.6) is 5.75 Å². The molecule has 0 radical (unpaired) electrons. The van der Waals surface area contributed by atoms with Crippen LogP contribution in [-0.2, 0) is 18.3 Å². The Hall–Kier alpha value is -3.73. The molecule has 6 nitrogen and oxygen atoms in total. The van der Waals surface area contributed by atoms with Crippen molar-refractivity contribution in [2.75, 3.05) is 13.7 Å².